The highest BCUT2D eigenvalue weighted by Crippen LogP contribution is 2.31. The number of halogens is 1. The minimum atomic E-state index is -0.646. The summed E-state index contributed by atoms with van der Waals surface area (Å²) in [5, 5.41) is 0.484. The van der Waals surface area contributed by atoms with Crippen LogP contribution in [0.2, 0.25) is 5.02 Å². The molecule has 26 heavy (non-hydrogen) atoms. The number of benzene rings is 1. The molecule has 1 aliphatic heterocycles. The van der Waals surface area contributed by atoms with Crippen LogP contribution < -0.4 is 9.64 Å². The van der Waals surface area contributed by atoms with E-state index in [2.05, 4.69) is 0 Å². The number of methoxy groups -OCH3 is 2. The Balaban J connectivity index is 2.24. The number of esters is 1. The highest BCUT2D eigenvalue weighted by molar-refractivity contribution is 6.32. The highest BCUT2D eigenvalue weighted by Gasteiger charge is 2.37. The van der Waals surface area contributed by atoms with Crippen molar-refractivity contribution in [2.75, 3.05) is 38.8 Å². The summed E-state index contributed by atoms with van der Waals surface area (Å²) >= 11 is 6.08. The van der Waals surface area contributed by atoms with E-state index in [9.17, 15) is 9.59 Å². The second-order valence-corrected chi connectivity index (χ2v) is 7.38. The van der Waals surface area contributed by atoms with Gasteiger partial charge in [0.15, 0.2) is 0 Å². The molecule has 0 aliphatic carbocycles. The van der Waals surface area contributed by atoms with E-state index in [4.69, 9.17) is 25.8 Å². The Bertz CT molecular complexity index is 674. The first-order valence-corrected chi connectivity index (χ1v) is 8.70. The number of piperazine rings is 1. The number of rotatable bonds is 3. The Hall–Kier alpha value is -2.15. The van der Waals surface area contributed by atoms with E-state index in [-0.39, 0.29) is 6.54 Å². The number of anilines is 1. The van der Waals surface area contributed by atoms with Gasteiger partial charge in [0.25, 0.3) is 0 Å². The fourth-order valence-electron chi connectivity index (χ4n) is 2.75. The van der Waals surface area contributed by atoms with Gasteiger partial charge in [0, 0.05) is 24.8 Å². The van der Waals surface area contributed by atoms with E-state index in [0.717, 1.165) is 5.69 Å². The molecule has 1 heterocycles. The highest BCUT2D eigenvalue weighted by atomic mass is 35.5. The molecule has 0 radical (unpaired) electrons. The van der Waals surface area contributed by atoms with Gasteiger partial charge in [-0.3, -0.25) is 0 Å². The van der Waals surface area contributed by atoms with Crippen LogP contribution in [0.1, 0.15) is 20.8 Å². The van der Waals surface area contributed by atoms with Gasteiger partial charge in [0.1, 0.15) is 17.4 Å². The molecule has 1 aromatic carbocycles. The van der Waals surface area contributed by atoms with Crippen molar-refractivity contribution in [2.24, 2.45) is 0 Å². The molecular formula is C18H25ClN2O5. The smallest absolute Gasteiger partial charge is 0.410 e. The van der Waals surface area contributed by atoms with E-state index in [0.29, 0.717) is 23.9 Å². The average molecular weight is 385 g/mol. The van der Waals surface area contributed by atoms with Crippen LogP contribution in [0.3, 0.4) is 0 Å². The zero-order valence-electron chi connectivity index (χ0n) is 15.7. The Kier molecular flexibility index (Phi) is 6.23. The summed E-state index contributed by atoms with van der Waals surface area (Å²) < 4.78 is 15.6. The molecule has 0 spiro atoms. The van der Waals surface area contributed by atoms with Crippen molar-refractivity contribution in [3.8, 4) is 5.75 Å². The standard InChI is InChI=1S/C18H25ClN2O5/c1-18(2,3)26-17(23)20-8-9-21(14(11-20)16(22)25-5)12-6-7-13(19)15(10-12)24-4/h6-7,10,14H,8-9,11H2,1-5H3. The van der Waals surface area contributed by atoms with E-state index >= 15 is 0 Å². The second-order valence-electron chi connectivity index (χ2n) is 6.98. The molecule has 8 heteroatoms. The molecule has 1 saturated heterocycles. The molecule has 7 nitrogen and oxygen atoms in total. The van der Waals surface area contributed by atoms with Gasteiger partial charge in [-0.15, -0.1) is 0 Å². The van der Waals surface area contributed by atoms with Crippen molar-refractivity contribution in [1.82, 2.24) is 4.90 Å². The number of hydrogen-bond donors (Lipinski definition) is 0. The molecule has 0 saturated carbocycles. The molecule has 1 amide bonds. The SMILES string of the molecule is COC(=O)C1CN(C(=O)OC(C)(C)C)CCN1c1ccc(Cl)c(OC)c1. The monoisotopic (exact) mass is 384 g/mol. The van der Waals surface area contributed by atoms with Crippen LogP contribution in [0.25, 0.3) is 0 Å². The van der Waals surface area contributed by atoms with E-state index in [1.807, 2.05) is 11.0 Å². The number of carbonyl (C=O) groups is 2. The van der Waals surface area contributed by atoms with Gasteiger partial charge in [0.2, 0.25) is 0 Å². The Labute approximate surface area is 158 Å². The summed E-state index contributed by atoms with van der Waals surface area (Å²) in [5.41, 5.74) is 0.170. The first-order chi connectivity index (χ1) is 12.2. The summed E-state index contributed by atoms with van der Waals surface area (Å²) in [6, 6.07) is 4.64. The van der Waals surface area contributed by atoms with Crippen LogP contribution in [0, 0.1) is 0 Å². The summed E-state index contributed by atoms with van der Waals surface area (Å²) in [6.45, 7) is 6.46. The van der Waals surface area contributed by atoms with E-state index in [1.165, 1.54) is 19.1 Å². The topological polar surface area (TPSA) is 68.3 Å². The van der Waals surface area contributed by atoms with Crippen LogP contribution in [-0.4, -0.2) is 62.5 Å². The Morgan fingerprint density at radius 2 is 1.88 bits per heavy atom. The van der Waals surface area contributed by atoms with Gasteiger partial charge >= 0.3 is 12.1 Å². The molecule has 1 aliphatic rings. The average Bonchev–Trinajstić information content (AvgIpc) is 2.59. The van der Waals surface area contributed by atoms with Crippen LogP contribution in [0.5, 0.6) is 5.75 Å². The normalized spacial score (nSPS) is 17.7. The van der Waals surface area contributed by atoms with Crippen molar-refractivity contribution in [1.29, 1.82) is 0 Å². The van der Waals surface area contributed by atoms with Gasteiger partial charge in [-0.05, 0) is 32.9 Å². The lowest BCUT2D eigenvalue weighted by Crippen LogP contribution is -2.58. The Morgan fingerprint density at radius 3 is 2.46 bits per heavy atom. The summed E-state index contributed by atoms with van der Waals surface area (Å²) in [6.07, 6.45) is -0.445. The number of carbonyl (C=O) groups excluding carboxylic acids is 2. The van der Waals surface area contributed by atoms with Gasteiger partial charge in [-0.2, -0.15) is 0 Å². The molecule has 0 N–H and O–H groups in total. The predicted molar refractivity (Wildman–Crippen MR) is 99.0 cm³/mol. The molecule has 1 unspecified atom stereocenters. The lowest BCUT2D eigenvalue weighted by Gasteiger charge is -2.41. The second kappa shape index (κ2) is 8.03. The Morgan fingerprint density at radius 1 is 1.19 bits per heavy atom. The maximum Gasteiger partial charge on any atom is 0.410 e. The predicted octanol–water partition coefficient (Wildman–Crippen LogP) is 2.95. The molecule has 0 bridgehead atoms. The zero-order chi connectivity index (χ0) is 19.5. The van der Waals surface area contributed by atoms with Gasteiger partial charge in [-0.1, -0.05) is 11.6 Å². The van der Waals surface area contributed by atoms with Crippen molar-refractivity contribution < 1.29 is 23.8 Å². The quantitative estimate of drug-likeness (QED) is 0.746. The molecule has 1 fully saturated rings. The third kappa shape index (κ3) is 4.72. The lowest BCUT2D eigenvalue weighted by atomic mass is 10.1. The first kappa shape index (κ1) is 20.2. The maximum atomic E-state index is 12.4. The number of amides is 1. The van der Waals surface area contributed by atoms with Crippen LogP contribution in [0.15, 0.2) is 18.2 Å². The summed E-state index contributed by atoms with van der Waals surface area (Å²) in [4.78, 5) is 28.1. The van der Waals surface area contributed by atoms with Crippen molar-refractivity contribution >= 4 is 29.4 Å². The maximum absolute atomic E-state index is 12.4. The molecule has 0 aromatic heterocycles. The van der Waals surface area contributed by atoms with E-state index in [1.54, 1.807) is 32.9 Å². The summed E-state index contributed by atoms with van der Waals surface area (Å²) in [7, 11) is 2.86. The minimum absolute atomic E-state index is 0.173. The van der Waals surface area contributed by atoms with Crippen LogP contribution in [-0.2, 0) is 14.3 Å². The van der Waals surface area contributed by atoms with Gasteiger partial charge in [-0.25, -0.2) is 9.59 Å². The molecule has 1 atom stereocenters. The fraction of sp³-hybridized carbons (Fsp3) is 0.556. The van der Waals surface area contributed by atoms with Crippen LogP contribution in [0.4, 0.5) is 10.5 Å². The summed E-state index contributed by atoms with van der Waals surface area (Å²) in [5.74, 6) is 0.0922. The van der Waals surface area contributed by atoms with E-state index < -0.39 is 23.7 Å². The number of ether oxygens (including phenoxy) is 3. The largest absolute Gasteiger partial charge is 0.495 e. The van der Waals surface area contributed by atoms with Crippen LogP contribution >= 0.6 is 11.6 Å². The number of nitrogens with zero attached hydrogens (tertiary/aromatic N) is 2. The fourth-order valence-corrected chi connectivity index (χ4v) is 2.94. The molecule has 2 rings (SSSR count). The lowest BCUT2D eigenvalue weighted by molar-refractivity contribution is -0.143. The van der Waals surface area contributed by atoms with Crippen molar-refractivity contribution in [2.45, 2.75) is 32.4 Å². The first-order valence-electron chi connectivity index (χ1n) is 8.32. The third-order valence-electron chi connectivity index (χ3n) is 3.97. The van der Waals surface area contributed by atoms with Crippen molar-refractivity contribution in [3.05, 3.63) is 23.2 Å². The third-order valence-corrected chi connectivity index (χ3v) is 4.28. The zero-order valence-corrected chi connectivity index (χ0v) is 16.5. The van der Waals surface area contributed by atoms with Gasteiger partial charge < -0.3 is 24.0 Å². The minimum Gasteiger partial charge on any atom is -0.495 e. The van der Waals surface area contributed by atoms with Crippen molar-refractivity contribution in [3.63, 3.8) is 0 Å². The molecule has 1 aromatic rings. The molecule has 144 valence electrons. The molecular weight excluding hydrogens is 360 g/mol. The van der Waals surface area contributed by atoms with Gasteiger partial charge in [0.05, 0.1) is 25.8 Å². The number of hydrogen-bond acceptors (Lipinski definition) is 6.